The van der Waals surface area contributed by atoms with E-state index in [-0.39, 0.29) is 28.7 Å². The molecule has 4 rings (SSSR count). The number of benzene rings is 1. The van der Waals surface area contributed by atoms with Gasteiger partial charge in [0.15, 0.2) is 0 Å². The van der Waals surface area contributed by atoms with Crippen molar-refractivity contribution >= 4 is 6.08 Å². The van der Waals surface area contributed by atoms with Crippen molar-refractivity contribution in [3.63, 3.8) is 0 Å². The van der Waals surface area contributed by atoms with Crippen molar-refractivity contribution in [3.8, 4) is 5.69 Å². The number of hydrogen-bond donors (Lipinski definition) is 1. The summed E-state index contributed by atoms with van der Waals surface area (Å²) in [5, 5.41) is 15.5. The van der Waals surface area contributed by atoms with Crippen molar-refractivity contribution in [1.29, 1.82) is 0 Å². The highest BCUT2D eigenvalue weighted by atomic mass is 19.1. The monoisotopic (exact) mass is 426 g/mol. The van der Waals surface area contributed by atoms with Gasteiger partial charge in [0.1, 0.15) is 5.82 Å². The number of aliphatic hydroxyl groups is 1. The molecule has 0 aliphatic heterocycles. The predicted molar refractivity (Wildman–Crippen MR) is 122 cm³/mol. The molecule has 1 aromatic carbocycles. The molecule has 1 aromatic heterocycles. The molecule has 168 valence electrons. The molecule has 1 N–H and O–H groups in total. The lowest BCUT2D eigenvalue weighted by molar-refractivity contribution is -0.0514. The van der Waals surface area contributed by atoms with Crippen LogP contribution in [0.25, 0.3) is 11.8 Å². The number of allylic oxidation sites excluding steroid dienone is 1. The molecule has 1 fully saturated rings. The lowest BCUT2D eigenvalue weighted by Crippen LogP contribution is -2.45. The van der Waals surface area contributed by atoms with Crippen molar-refractivity contribution < 1.29 is 14.2 Å². The third kappa shape index (κ3) is 3.87. The van der Waals surface area contributed by atoms with Gasteiger partial charge >= 0.3 is 0 Å². The summed E-state index contributed by atoms with van der Waals surface area (Å²) in [7, 11) is 0. The van der Waals surface area contributed by atoms with E-state index < -0.39 is 0 Å². The van der Waals surface area contributed by atoms with Crippen molar-refractivity contribution in [1.82, 2.24) is 9.78 Å². The van der Waals surface area contributed by atoms with Crippen LogP contribution in [0.3, 0.4) is 0 Å². The van der Waals surface area contributed by atoms with E-state index in [1.807, 2.05) is 10.9 Å². The number of halogens is 1. The molecular weight excluding hydrogens is 391 g/mol. The zero-order chi connectivity index (χ0) is 22.2. The Morgan fingerprint density at radius 1 is 1.26 bits per heavy atom. The van der Waals surface area contributed by atoms with E-state index in [0.29, 0.717) is 6.61 Å². The van der Waals surface area contributed by atoms with Crippen LogP contribution in [0.5, 0.6) is 0 Å². The van der Waals surface area contributed by atoms with E-state index in [1.165, 1.54) is 23.3 Å². The Hall–Kier alpha value is -1.98. The summed E-state index contributed by atoms with van der Waals surface area (Å²) < 4.78 is 21.5. The summed E-state index contributed by atoms with van der Waals surface area (Å²) in [6.07, 6.45) is 8.56. The van der Waals surface area contributed by atoms with Crippen LogP contribution >= 0.6 is 0 Å². The molecule has 0 bridgehead atoms. The van der Waals surface area contributed by atoms with Crippen LogP contribution in [-0.2, 0) is 11.2 Å². The Morgan fingerprint density at radius 3 is 2.68 bits per heavy atom. The van der Waals surface area contributed by atoms with Gasteiger partial charge < -0.3 is 9.84 Å². The quantitative estimate of drug-likeness (QED) is 0.561. The second kappa shape index (κ2) is 8.51. The maximum Gasteiger partial charge on any atom is 0.123 e. The largest absolute Gasteiger partial charge is 0.393 e. The van der Waals surface area contributed by atoms with Gasteiger partial charge in [0.05, 0.1) is 30.3 Å². The van der Waals surface area contributed by atoms with Gasteiger partial charge in [-0.3, -0.25) is 0 Å². The highest BCUT2D eigenvalue weighted by Gasteiger charge is 2.56. The molecule has 0 radical (unpaired) electrons. The van der Waals surface area contributed by atoms with E-state index in [0.717, 1.165) is 50.1 Å². The third-order valence-corrected chi connectivity index (χ3v) is 7.66. The fraction of sp³-hybridized carbons (Fsp3) is 0.577. The summed E-state index contributed by atoms with van der Waals surface area (Å²) >= 11 is 0. The highest BCUT2D eigenvalue weighted by molar-refractivity contribution is 5.62. The van der Waals surface area contributed by atoms with Gasteiger partial charge in [0.25, 0.3) is 0 Å². The maximum absolute atomic E-state index is 13.4. The third-order valence-electron chi connectivity index (χ3n) is 7.66. The molecule has 2 aromatic rings. The number of aliphatic hydroxyl groups excluding tert-OH is 1. The second-order valence-electron chi connectivity index (χ2n) is 9.97. The van der Waals surface area contributed by atoms with Crippen LogP contribution in [0.15, 0.2) is 36.0 Å². The Balaban J connectivity index is 1.70. The zero-order valence-electron chi connectivity index (χ0n) is 19.2. The van der Waals surface area contributed by atoms with E-state index in [4.69, 9.17) is 4.74 Å². The first-order valence-electron chi connectivity index (χ1n) is 11.6. The van der Waals surface area contributed by atoms with Gasteiger partial charge in [-0.1, -0.05) is 33.3 Å². The number of ether oxygens (including phenoxy) is 1. The van der Waals surface area contributed by atoms with E-state index >= 15 is 0 Å². The van der Waals surface area contributed by atoms with Crippen LogP contribution in [0, 0.1) is 22.6 Å². The molecule has 3 unspecified atom stereocenters. The topological polar surface area (TPSA) is 47.3 Å². The van der Waals surface area contributed by atoms with Gasteiger partial charge in [0, 0.05) is 17.4 Å². The highest BCUT2D eigenvalue weighted by Crippen LogP contribution is 2.62. The number of aromatic nitrogens is 2. The molecule has 31 heavy (non-hydrogen) atoms. The number of fused-ring (bicyclic) bond motifs is 2. The first-order chi connectivity index (χ1) is 14.8. The van der Waals surface area contributed by atoms with E-state index in [1.54, 1.807) is 12.1 Å². The first kappa shape index (κ1) is 22.2. The van der Waals surface area contributed by atoms with Gasteiger partial charge in [-0.2, -0.15) is 5.10 Å². The lowest BCUT2D eigenvalue weighted by atomic mass is 9.58. The number of nitrogens with zero attached hydrogens (tertiary/aromatic N) is 2. The average molecular weight is 427 g/mol. The zero-order valence-corrected chi connectivity index (χ0v) is 19.2. The van der Waals surface area contributed by atoms with E-state index in [9.17, 15) is 9.50 Å². The van der Waals surface area contributed by atoms with Gasteiger partial charge in [0.2, 0.25) is 0 Å². The average Bonchev–Trinajstić information content (AvgIpc) is 3.25. The maximum atomic E-state index is 13.4. The normalized spacial score (nSPS) is 26.0. The van der Waals surface area contributed by atoms with Gasteiger partial charge in [-0.15, -0.1) is 0 Å². The van der Waals surface area contributed by atoms with E-state index in [2.05, 4.69) is 38.9 Å². The minimum atomic E-state index is -0.343. The number of hydrogen-bond acceptors (Lipinski definition) is 3. The standard InChI is InChI=1S/C26H35FN2O2/c1-5-12-31-17-26(15-24(30)18(2)3)11-10-20-13-23-19(14-25(20,26)4)16-28-29(23)22-8-6-21(27)7-9-22/h6-9,13,16,18,24,30H,5,10-12,14-15,17H2,1-4H3. The molecule has 4 nitrogen and oxygen atoms in total. The summed E-state index contributed by atoms with van der Waals surface area (Å²) in [5.41, 5.74) is 4.42. The molecule has 1 heterocycles. The second-order valence-corrected chi connectivity index (χ2v) is 9.97. The van der Waals surface area contributed by atoms with Crippen LogP contribution < -0.4 is 0 Å². The van der Waals surface area contributed by atoms with Gasteiger partial charge in [-0.25, -0.2) is 9.07 Å². The van der Waals surface area contributed by atoms with Gasteiger partial charge in [-0.05, 0) is 73.9 Å². The SMILES string of the molecule is CCCOCC1(CC(O)C(C)C)CCC2=Cc3c(cnn3-c3ccc(F)cc3)CC21C. The summed E-state index contributed by atoms with van der Waals surface area (Å²) in [6, 6.07) is 6.49. The van der Waals surface area contributed by atoms with Crippen molar-refractivity contribution in [2.75, 3.05) is 13.2 Å². The molecule has 0 amide bonds. The molecule has 0 saturated heterocycles. The molecule has 2 aliphatic carbocycles. The Morgan fingerprint density at radius 2 is 2.00 bits per heavy atom. The smallest absolute Gasteiger partial charge is 0.123 e. The molecular formula is C26H35FN2O2. The van der Waals surface area contributed by atoms with Crippen molar-refractivity contribution in [2.24, 2.45) is 16.7 Å². The fourth-order valence-electron chi connectivity index (χ4n) is 5.48. The van der Waals surface area contributed by atoms with Crippen LogP contribution in [0.1, 0.15) is 64.6 Å². The molecule has 5 heteroatoms. The minimum absolute atomic E-state index is 0.0692. The first-order valence-corrected chi connectivity index (χ1v) is 11.6. The summed E-state index contributed by atoms with van der Waals surface area (Å²) in [4.78, 5) is 0. The minimum Gasteiger partial charge on any atom is -0.393 e. The summed E-state index contributed by atoms with van der Waals surface area (Å²) in [6.45, 7) is 10.1. The van der Waals surface area contributed by atoms with Crippen LogP contribution in [-0.4, -0.2) is 34.2 Å². The van der Waals surface area contributed by atoms with Crippen molar-refractivity contribution in [2.45, 2.75) is 65.9 Å². The molecule has 2 aliphatic rings. The Kier molecular flexibility index (Phi) is 6.10. The molecule has 1 saturated carbocycles. The van der Waals surface area contributed by atoms with Crippen LogP contribution in [0.4, 0.5) is 4.39 Å². The Labute approximate surface area is 185 Å². The molecule has 0 spiro atoms. The fourth-order valence-corrected chi connectivity index (χ4v) is 5.48. The van der Waals surface area contributed by atoms with Crippen LogP contribution in [0.2, 0.25) is 0 Å². The lowest BCUT2D eigenvalue weighted by Gasteiger charge is -2.47. The number of rotatable bonds is 8. The summed E-state index contributed by atoms with van der Waals surface area (Å²) in [5.74, 6) is -0.0212. The molecule has 3 atom stereocenters. The Bertz CT molecular complexity index is 949. The predicted octanol–water partition coefficient (Wildman–Crippen LogP) is 5.57. The van der Waals surface area contributed by atoms with Crippen molar-refractivity contribution in [3.05, 3.63) is 53.1 Å².